The van der Waals surface area contributed by atoms with Gasteiger partial charge in [-0.15, -0.1) is 10.2 Å². The molecule has 10 heteroatoms. The fraction of sp³-hybridized carbons (Fsp3) is 0.524. The molecule has 2 amide bonds. The van der Waals surface area contributed by atoms with Crippen LogP contribution in [0.4, 0.5) is 5.13 Å². The molecule has 1 aromatic heterocycles. The number of piperazine rings is 1. The molecule has 8 nitrogen and oxygen atoms in total. The Kier molecular flexibility index (Phi) is 7.85. The molecule has 0 aliphatic carbocycles. The van der Waals surface area contributed by atoms with Crippen molar-refractivity contribution in [1.82, 2.24) is 20.0 Å². The van der Waals surface area contributed by atoms with E-state index >= 15 is 0 Å². The van der Waals surface area contributed by atoms with E-state index in [4.69, 9.17) is 16.3 Å². The van der Waals surface area contributed by atoms with Gasteiger partial charge in [0.1, 0.15) is 17.5 Å². The van der Waals surface area contributed by atoms with Crippen LogP contribution >= 0.6 is 22.9 Å². The quantitative estimate of drug-likeness (QED) is 0.674. The first-order chi connectivity index (χ1) is 14.7. The third-order valence-corrected chi connectivity index (χ3v) is 6.35. The second-order valence-electron chi connectivity index (χ2n) is 8.44. The first-order valence-electron chi connectivity index (χ1n) is 10.2. The molecule has 3 rings (SSSR count). The maximum absolute atomic E-state index is 12.5. The fourth-order valence-electron chi connectivity index (χ4n) is 2.96. The van der Waals surface area contributed by atoms with E-state index in [2.05, 4.69) is 20.4 Å². The molecule has 1 N–H and O–H groups in total. The van der Waals surface area contributed by atoms with Crippen molar-refractivity contribution in [1.29, 1.82) is 0 Å². The molecule has 0 unspecified atom stereocenters. The van der Waals surface area contributed by atoms with Crippen molar-refractivity contribution >= 4 is 39.9 Å². The van der Waals surface area contributed by atoms with E-state index in [1.54, 1.807) is 17.0 Å². The molecule has 2 aromatic rings. The van der Waals surface area contributed by atoms with Crippen molar-refractivity contribution in [3.8, 4) is 5.75 Å². The molecule has 1 aliphatic heterocycles. The van der Waals surface area contributed by atoms with E-state index in [9.17, 15) is 9.59 Å². The molecule has 168 valence electrons. The zero-order valence-corrected chi connectivity index (χ0v) is 19.6. The average molecular weight is 466 g/mol. The number of aromatic nitrogens is 2. The van der Waals surface area contributed by atoms with Gasteiger partial charge in [0.25, 0.3) is 0 Å². The summed E-state index contributed by atoms with van der Waals surface area (Å²) in [5.74, 6) is 0.528. The second kappa shape index (κ2) is 10.4. The lowest BCUT2D eigenvalue weighted by Crippen LogP contribution is -2.49. The normalized spacial score (nSPS) is 15.0. The third-order valence-electron chi connectivity index (χ3n) is 4.83. The maximum atomic E-state index is 12.5. The van der Waals surface area contributed by atoms with Crippen LogP contribution in [-0.4, -0.2) is 64.7 Å². The van der Waals surface area contributed by atoms with Gasteiger partial charge in [-0.05, 0) is 24.3 Å². The number of amides is 2. The van der Waals surface area contributed by atoms with Gasteiger partial charge >= 0.3 is 0 Å². The number of nitrogens with one attached hydrogen (secondary N) is 1. The van der Waals surface area contributed by atoms with Gasteiger partial charge in [0.05, 0.1) is 0 Å². The van der Waals surface area contributed by atoms with Gasteiger partial charge in [-0.1, -0.05) is 43.7 Å². The minimum atomic E-state index is -0.222. The largest absolute Gasteiger partial charge is 0.478 e. The van der Waals surface area contributed by atoms with E-state index in [1.807, 2.05) is 32.9 Å². The molecule has 0 saturated carbocycles. The molecular weight excluding hydrogens is 438 g/mol. The molecule has 0 bridgehead atoms. The van der Waals surface area contributed by atoms with Crippen molar-refractivity contribution in [3.05, 3.63) is 34.3 Å². The molecule has 0 spiro atoms. The van der Waals surface area contributed by atoms with Gasteiger partial charge in [-0.3, -0.25) is 14.5 Å². The molecule has 1 aromatic carbocycles. The number of rotatable bonds is 7. The van der Waals surface area contributed by atoms with Gasteiger partial charge in [0, 0.05) is 49.5 Å². The smallest absolute Gasteiger partial charge is 0.226 e. The summed E-state index contributed by atoms with van der Waals surface area (Å²) in [5, 5.41) is 12.9. The summed E-state index contributed by atoms with van der Waals surface area (Å²) in [6.45, 7) is 9.29. The minimum Gasteiger partial charge on any atom is -0.478 e. The highest BCUT2D eigenvalue weighted by Crippen LogP contribution is 2.27. The molecule has 1 fully saturated rings. The van der Waals surface area contributed by atoms with Gasteiger partial charge < -0.3 is 15.0 Å². The summed E-state index contributed by atoms with van der Waals surface area (Å²) in [6.07, 6.45) is 0.307. The van der Waals surface area contributed by atoms with Crippen LogP contribution in [0.15, 0.2) is 24.3 Å². The number of halogens is 1. The van der Waals surface area contributed by atoms with Crippen LogP contribution < -0.4 is 10.1 Å². The lowest BCUT2D eigenvalue weighted by Gasteiger charge is -2.34. The Morgan fingerprint density at radius 2 is 1.77 bits per heavy atom. The summed E-state index contributed by atoms with van der Waals surface area (Å²) in [6, 6.07) is 7.24. The lowest BCUT2D eigenvalue weighted by molar-refractivity contribution is -0.134. The number of anilines is 1. The Morgan fingerprint density at radius 1 is 1.10 bits per heavy atom. The van der Waals surface area contributed by atoms with E-state index in [0.29, 0.717) is 30.0 Å². The molecule has 31 heavy (non-hydrogen) atoms. The van der Waals surface area contributed by atoms with Crippen LogP contribution in [0.5, 0.6) is 5.75 Å². The van der Waals surface area contributed by atoms with Crippen molar-refractivity contribution < 1.29 is 14.3 Å². The van der Waals surface area contributed by atoms with Crippen molar-refractivity contribution in [3.63, 3.8) is 0 Å². The average Bonchev–Trinajstić information content (AvgIpc) is 3.21. The van der Waals surface area contributed by atoms with Crippen LogP contribution in [0, 0.1) is 0 Å². The highest BCUT2D eigenvalue weighted by atomic mass is 35.5. The Hall–Kier alpha value is -2.23. The topological polar surface area (TPSA) is 87.7 Å². The first-order valence-corrected chi connectivity index (χ1v) is 11.4. The zero-order chi connectivity index (χ0) is 22.4. The van der Waals surface area contributed by atoms with E-state index in [-0.39, 0.29) is 30.1 Å². The van der Waals surface area contributed by atoms with Gasteiger partial charge in [-0.2, -0.15) is 0 Å². The number of ether oxygens (including phenoxy) is 1. The third kappa shape index (κ3) is 7.15. The van der Waals surface area contributed by atoms with Gasteiger partial charge in [0.15, 0.2) is 0 Å². The van der Waals surface area contributed by atoms with Gasteiger partial charge in [-0.25, -0.2) is 0 Å². The molecule has 0 radical (unpaired) electrons. The number of carbonyl (C=O) groups excluding carboxylic acids is 2. The summed E-state index contributed by atoms with van der Waals surface area (Å²) in [4.78, 5) is 28.6. The van der Waals surface area contributed by atoms with Crippen LogP contribution in [-0.2, 0) is 15.0 Å². The highest BCUT2D eigenvalue weighted by molar-refractivity contribution is 7.15. The monoisotopic (exact) mass is 465 g/mol. The second-order valence-corrected chi connectivity index (χ2v) is 9.85. The molecular formula is C21H28ClN5O3S. The molecule has 1 saturated heterocycles. The zero-order valence-electron chi connectivity index (χ0n) is 18.1. The summed E-state index contributed by atoms with van der Waals surface area (Å²) in [7, 11) is 0. The van der Waals surface area contributed by atoms with Crippen LogP contribution in [0.3, 0.4) is 0 Å². The predicted molar refractivity (Wildman–Crippen MR) is 122 cm³/mol. The van der Waals surface area contributed by atoms with Crippen LogP contribution in [0.1, 0.15) is 38.6 Å². The molecule has 1 aliphatic rings. The summed E-state index contributed by atoms with van der Waals surface area (Å²) in [5.41, 5.74) is -0.112. The van der Waals surface area contributed by atoms with Crippen LogP contribution in [0.25, 0.3) is 0 Å². The minimum absolute atomic E-state index is 0.0129. The fourth-order valence-corrected chi connectivity index (χ4v) is 3.90. The molecule has 0 atom stereocenters. The van der Waals surface area contributed by atoms with Gasteiger partial charge in [0.2, 0.25) is 16.9 Å². The highest BCUT2D eigenvalue weighted by Gasteiger charge is 2.23. The summed E-state index contributed by atoms with van der Waals surface area (Å²) >= 11 is 7.24. The van der Waals surface area contributed by atoms with E-state index in [0.717, 1.165) is 23.8 Å². The Morgan fingerprint density at radius 3 is 2.39 bits per heavy atom. The Labute approximate surface area is 191 Å². The number of carbonyl (C=O) groups is 2. The number of benzene rings is 1. The molecule has 2 heterocycles. The Balaban J connectivity index is 1.35. The number of hydrogen-bond acceptors (Lipinski definition) is 7. The van der Waals surface area contributed by atoms with Crippen molar-refractivity contribution in [2.45, 2.75) is 39.0 Å². The summed E-state index contributed by atoms with van der Waals surface area (Å²) < 4.78 is 5.76. The SMILES string of the molecule is CC(C)(C)c1nnc(NC(=O)CCC(=O)N2CCN(COc3ccc(Cl)cc3)CC2)s1. The standard InChI is InChI=1S/C21H28ClN5O3S/c1-21(2,3)19-24-25-20(31-19)23-17(28)8-9-18(29)27-12-10-26(11-13-27)14-30-16-6-4-15(22)5-7-16/h4-7H,8-14H2,1-3H3,(H,23,25,28). The number of hydrogen-bond donors (Lipinski definition) is 1. The first kappa shape index (κ1) is 23.4. The van der Waals surface area contributed by atoms with E-state index < -0.39 is 0 Å². The van der Waals surface area contributed by atoms with E-state index in [1.165, 1.54) is 11.3 Å². The number of nitrogens with zero attached hydrogens (tertiary/aromatic N) is 4. The van der Waals surface area contributed by atoms with Crippen LogP contribution in [0.2, 0.25) is 5.02 Å². The maximum Gasteiger partial charge on any atom is 0.226 e. The predicted octanol–water partition coefficient (Wildman–Crippen LogP) is 3.39. The lowest BCUT2D eigenvalue weighted by atomic mass is 9.98. The van der Waals surface area contributed by atoms with Crippen molar-refractivity contribution in [2.75, 3.05) is 38.2 Å². The van der Waals surface area contributed by atoms with Crippen molar-refractivity contribution in [2.24, 2.45) is 0 Å². The Bertz CT molecular complexity index is 889.